The lowest BCUT2D eigenvalue weighted by Gasteiger charge is -2.41. The van der Waals surface area contributed by atoms with Gasteiger partial charge in [-0.15, -0.1) is 0 Å². The molecule has 0 radical (unpaired) electrons. The summed E-state index contributed by atoms with van der Waals surface area (Å²) in [5.74, 6) is 0.156. The first-order valence-electron chi connectivity index (χ1n) is 10.8. The summed E-state index contributed by atoms with van der Waals surface area (Å²) in [4.78, 5) is 14.8. The van der Waals surface area contributed by atoms with Crippen LogP contribution in [0.15, 0.2) is 0 Å². The van der Waals surface area contributed by atoms with Crippen molar-refractivity contribution in [1.82, 2.24) is 4.90 Å². The zero-order valence-electron chi connectivity index (χ0n) is 18.8. The van der Waals surface area contributed by atoms with E-state index >= 15 is 0 Å². The highest BCUT2D eigenvalue weighted by atomic mass is 16.6. The predicted molar refractivity (Wildman–Crippen MR) is 109 cm³/mol. The van der Waals surface area contributed by atoms with Crippen molar-refractivity contribution in [3.8, 4) is 0 Å². The molecule has 2 heterocycles. The van der Waals surface area contributed by atoms with Gasteiger partial charge >= 0.3 is 5.97 Å². The molecule has 2 rings (SSSR count). The van der Waals surface area contributed by atoms with Gasteiger partial charge in [-0.25, -0.2) is 0 Å². The summed E-state index contributed by atoms with van der Waals surface area (Å²) in [7, 11) is 1.97. The average Bonchev–Trinajstić information content (AvgIpc) is 2.96. The Labute approximate surface area is 170 Å². The van der Waals surface area contributed by atoms with E-state index in [0.29, 0.717) is 24.9 Å². The van der Waals surface area contributed by atoms with Crippen LogP contribution in [0.3, 0.4) is 0 Å². The molecule has 0 amide bonds. The monoisotopic (exact) mass is 399 g/mol. The van der Waals surface area contributed by atoms with Gasteiger partial charge in [-0.3, -0.25) is 4.79 Å². The minimum atomic E-state index is -1.52. The second kappa shape index (κ2) is 8.99. The van der Waals surface area contributed by atoms with E-state index in [0.717, 1.165) is 25.8 Å². The second-order valence-corrected chi connectivity index (χ2v) is 9.96. The molecule has 2 saturated heterocycles. The van der Waals surface area contributed by atoms with Crippen molar-refractivity contribution in [3.05, 3.63) is 0 Å². The number of fused-ring (bicyclic) bond motifs is 2. The third-order valence-electron chi connectivity index (χ3n) is 6.90. The van der Waals surface area contributed by atoms with E-state index in [1.807, 2.05) is 27.8 Å². The number of cyclic esters (lactones) is 1. The van der Waals surface area contributed by atoms with Gasteiger partial charge in [0.25, 0.3) is 0 Å². The Morgan fingerprint density at radius 1 is 1.21 bits per heavy atom. The maximum atomic E-state index is 12.7. The molecule has 2 aliphatic rings. The molecule has 0 unspecified atom stereocenters. The number of aliphatic hydroxyl groups excluding tert-OH is 1. The molecule has 6 nitrogen and oxygen atoms in total. The SMILES string of the molecule is CC[C@H]1OC(=O)[C@H](C)C[C@H](C)C[C@@]2(C)C[C@@H](CO2)CN(C)[C@H](C)[C@@H](O)[C@]1(C)O. The fourth-order valence-electron chi connectivity index (χ4n) is 5.19. The van der Waals surface area contributed by atoms with Gasteiger partial charge in [-0.1, -0.05) is 20.8 Å². The van der Waals surface area contributed by atoms with E-state index in [9.17, 15) is 15.0 Å². The first-order chi connectivity index (χ1) is 12.9. The number of nitrogens with zero attached hydrogens (tertiary/aromatic N) is 1. The molecule has 2 fully saturated rings. The largest absolute Gasteiger partial charge is 0.459 e. The smallest absolute Gasteiger partial charge is 0.309 e. The highest BCUT2D eigenvalue weighted by molar-refractivity contribution is 5.72. The molecule has 0 aromatic carbocycles. The van der Waals surface area contributed by atoms with Crippen molar-refractivity contribution < 1.29 is 24.5 Å². The number of carbonyl (C=O) groups excluding carboxylic acids is 1. The van der Waals surface area contributed by atoms with Crippen LogP contribution in [0.1, 0.15) is 67.2 Å². The molecule has 164 valence electrons. The standard InChI is InChI=1S/C22H41NO5/c1-8-18-22(6,26)19(24)16(4)23(7)12-17-11-21(5,27-13-17)10-14(2)9-15(3)20(25)28-18/h14-19,24,26H,8-13H2,1-7H3/t14-,15+,16+,17+,18+,19+,21-,22+/m0/s1. The molecular formula is C22H41NO5. The summed E-state index contributed by atoms with van der Waals surface area (Å²) in [5.41, 5.74) is -1.70. The second-order valence-electron chi connectivity index (χ2n) is 9.96. The topological polar surface area (TPSA) is 79.2 Å². The van der Waals surface area contributed by atoms with E-state index in [1.54, 1.807) is 6.92 Å². The minimum absolute atomic E-state index is 0.173. The lowest BCUT2D eigenvalue weighted by molar-refractivity contribution is -0.189. The summed E-state index contributed by atoms with van der Waals surface area (Å²) in [6.45, 7) is 13.1. The Morgan fingerprint density at radius 3 is 2.46 bits per heavy atom. The van der Waals surface area contributed by atoms with Gasteiger partial charge in [0.15, 0.2) is 0 Å². The van der Waals surface area contributed by atoms with Gasteiger partial charge in [0.2, 0.25) is 0 Å². The van der Waals surface area contributed by atoms with Crippen LogP contribution in [-0.2, 0) is 14.3 Å². The van der Waals surface area contributed by atoms with Gasteiger partial charge in [-0.05, 0) is 65.3 Å². The van der Waals surface area contributed by atoms with Crippen molar-refractivity contribution in [2.24, 2.45) is 17.8 Å². The van der Waals surface area contributed by atoms with Crippen molar-refractivity contribution in [1.29, 1.82) is 0 Å². The lowest BCUT2D eigenvalue weighted by Crippen LogP contribution is -2.59. The van der Waals surface area contributed by atoms with Crippen LogP contribution >= 0.6 is 0 Å². The van der Waals surface area contributed by atoms with E-state index in [-0.39, 0.29) is 23.5 Å². The van der Waals surface area contributed by atoms with Crippen molar-refractivity contribution in [2.75, 3.05) is 20.2 Å². The summed E-state index contributed by atoms with van der Waals surface area (Å²) < 4.78 is 11.9. The molecule has 0 saturated carbocycles. The molecule has 0 aromatic rings. The van der Waals surface area contributed by atoms with E-state index in [2.05, 4.69) is 18.7 Å². The Bertz CT molecular complexity index is 539. The quantitative estimate of drug-likeness (QED) is 0.660. The molecule has 8 atom stereocenters. The summed E-state index contributed by atoms with van der Waals surface area (Å²) in [6.07, 6.45) is 1.27. The number of hydrogen-bond acceptors (Lipinski definition) is 6. The number of likely N-dealkylation sites (N-methyl/N-ethyl adjacent to an activating group) is 1. The minimum Gasteiger partial charge on any atom is -0.459 e. The summed E-state index contributed by atoms with van der Waals surface area (Å²) in [5, 5.41) is 22.0. The Balaban J connectivity index is 2.30. The normalized spacial score (nSPS) is 47.2. The van der Waals surface area contributed by atoms with Crippen LogP contribution in [0.25, 0.3) is 0 Å². The fraction of sp³-hybridized carbons (Fsp3) is 0.955. The average molecular weight is 400 g/mol. The molecular weight excluding hydrogens is 358 g/mol. The van der Waals surface area contributed by atoms with Crippen LogP contribution < -0.4 is 0 Å². The highest BCUT2D eigenvalue weighted by Gasteiger charge is 2.46. The van der Waals surface area contributed by atoms with Crippen molar-refractivity contribution >= 4 is 5.97 Å². The zero-order chi connectivity index (χ0) is 21.3. The number of ether oxygens (including phenoxy) is 2. The molecule has 6 heteroatoms. The molecule has 2 aliphatic heterocycles. The molecule has 0 aliphatic carbocycles. The van der Waals surface area contributed by atoms with Crippen LogP contribution in [-0.4, -0.2) is 70.7 Å². The maximum Gasteiger partial charge on any atom is 0.309 e. The Kier molecular flexibility index (Phi) is 7.57. The number of hydrogen-bond donors (Lipinski definition) is 2. The van der Waals surface area contributed by atoms with Gasteiger partial charge in [0.1, 0.15) is 17.8 Å². The zero-order valence-corrected chi connectivity index (χ0v) is 18.8. The Hall–Kier alpha value is -0.690. The third-order valence-corrected chi connectivity index (χ3v) is 6.90. The van der Waals surface area contributed by atoms with Crippen LogP contribution in [0, 0.1) is 17.8 Å². The van der Waals surface area contributed by atoms with E-state index in [1.165, 1.54) is 0 Å². The third kappa shape index (κ3) is 5.26. The van der Waals surface area contributed by atoms with Crippen molar-refractivity contribution in [2.45, 2.75) is 96.7 Å². The first kappa shape index (κ1) is 23.6. The molecule has 0 aromatic heterocycles. The number of esters is 1. The Morgan fingerprint density at radius 2 is 1.86 bits per heavy atom. The predicted octanol–water partition coefficient (Wildman–Crippen LogP) is 2.60. The lowest BCUT2D eigenvalue weighted by atomic mass is 9.84. The maximum absolute atomic E-state index is 12.7. The first-order valence-corrected chi connectivity index (χ1v) is 10.8. The van der Waals surface area contributed by atoms with Crippen LogP contribution in [0.2, 0.25) is 0 Å². The molecule has 2 N–H and O–H groups in total. The van der Waals surface area contributed by atoms with Crippen LogP contribution in [0.4, 0.5) is 0 Å². The highest BCUT2D eigenvalue weighted by Crippen LogP contribution is 2.38. The number of rotatable bonds is 1. The van der Waals surface area contributed by atoms with E-state index < -0.39 is 17.8 Å². The van der Waals surface area contributed by atoms with Gasteiger partial charge in [0.05, 0.1) is 18.1 Å². The summed E-state index contributed by atoms with van der Waals surface area (Å²) >= 11 is 0. The van der Waals surface area contributed by atoms with Crippen molar-refractivity contribution in [3.63, 3.8) is 0 Å². The molecule has 2 bridgehead atoms. The van der Waals surface area contributed by atoms with Gasteiger partial charge in [-0.2, -0.15) is 0 Å². The van der Waals surface area contributed by atoms with Crippen LogP contribution in [0.5, 0.6) is 0 Å². The summed E-state index contributed by atoms with van der Waals surface area (Å²) in [6, 6.07) is -0.281. The number of carbonyl (C=O) groups is 1. The molecule has 28 heavy (non-hydrogen) atoms. The number of aliphatic hydroxyl groups is 2. The fourth-order valence-corrected chi connectivity index (χ4v) is 5.19. The molecule has 0 spiro atoms. The van der Waals surface area contributed by atoms with Gasteiger partial charge < -0.3 is 24.6 Å². The van der Waals surface area contributed by atoms with Gasteiger partial charge in [0, 0.05) is 12.6 Å². The van der Waals surface area contributed by atoms with E-state index in [4.69, 9.17) is 9.47 Å².